The predicted molar refractivity (Wildman–Crippen MR) is 107 cm³/mol. The highest BCUT2D eigenvalue weighted by Crippen LogP contribution is 2.12. The van der Waals surface area contributed by atoms with Gasteiger partial charge in [-0.2, -0.15) is 0 Å². The van der Waals surface area contributed by atoms with Crippen LogP contribution in [0, 0.1) is 0 Å². The van der Waals surface area contributed by atoms with Crippen LogP contribution in [-0.2, 0) is 11.3 Å². The van der Waals surface area contributed by atoms with Crippen molar-refractivity contribution in [2.45, 2.75) is 26.3 Å². The zero-order valence-corrected chi connectivity index (χ0v) is 17.0. The molecule has 1 rings (SSSR count). The lowest BCUT2D eigenvalue weighted by atomic mass is 10.2. The maximum absolute atomic E-state index is 5.33. The van der Waals surface area contributed by atoms with E-state index in [1.807, 2.05) is 33.2 Å². The van der Waals surface area contributed by atoms with Crippen LogP contribution < -0.4 is 10.1 Å². The van der Waals surface area contributed by atoms with Crippen molar-refractivity contribution in [3.8, 4) is 5.75 Å². The number of halogens is 1. The quantitative estimate of drug-likeness (QED) is 0.280. The second kappa shape index (κ2) is 13.4. The Labute approximate surface area is 157 Å². The van der Waals surface area contributed by atoms with E-state index in [1.165, 1.54) is 5.56 Å². The van der Waals surface area contributed by atoms with E-state index in [-0.39, 0.29) is 24.0 Å². The normalized spacial score (nSPS) is 10.9. The summed E-state index contributed by atoms with van der Waals surface area (Å²) in [6, 6.07) is 8.11. The van der Waals surface area contributed by atoms with Crippen LogP contribution in [0.25, 0.3) is 0 Å². The number of benzene rings is 1. The van der Waals surface area contributed by atoms with Gasteiger partial charge in [-0.05, 0) is 37.5 Å². The summed E-state index contributed by atoms with van der Waals surface area (Å²) in [5, 5.41) is 3.38. The summed E-state index contributed by atoms with van der Waals surface area (Å²) in [6.07, 6.45) is 2.15. The molecule has 5 nitrogen and oxygen atoms in total. The highest BCUT2D eigenvalue weighted by atomic mass is 127. The van der Waals surface area contributed by atoms with Crippen molar-refractivity contribution >= 4 is 29.9 Å². The summed E-state index contributed by atoms with van der Waals surface area (Å²) in [5.41, 5.74) is 1.22. The van der Waals surface area contributed by atoms with Gasteiger partial charge >= 0.3 is 0 Å². The number of methoxy groups -OCH3 is 1. The van der Waals surface area contributed by atoms with E-state index >= 15 is 0 Å². The maximum Gasteiger partial charge on any atom is 0.193 e. The van der Waals surface area contributed by atoms with Crippen molar-refractivity contribution in [3.05, 3.63) is 29.8 Å². The third-order valence-corrected chi connectivity index (χ3v) is 3.35. The highest BCUT2D eigenvalue weighted by Gasteiger charge is 2.06. The Morgan fingerprint density at radius 3 is 2.48 bits per heavy atom. The summed E-state index contributed by atoms with van der Waals surface area (Å²) in [4.78, 5) is 6.44. The van der Waals surface area contributed by atoms with Crippen molar-refractivity contribution in [1.29, 1.82) is 0 Å². The van der Waals surface area contributed by atoms with Gasteiger partial charge in [0.15, 0.2) is 5.96 Å². The Morgan fingerprint density at radius 2 is 1.91 bits per heavy atom. The number of nitrogens with one attached hydrogen (secondary N) is 1. The number of unbranched alkanes of at least 4 members (excludes halogenated alkanes) is 1. The van der Waals surface area contributed by atoms with E-state index in [9.17, 15) is 0 Å². The molecule has 0 radical (unpaired) electrons. The molecule has 1 aromatic rings. The smallest absolute Gasteiger partial charge is 0.193 e. The molecule has 0 saturated carbocycles. The number of hydrogen-bond acceptors (Lipinski definition) is 3. The summed E-state index contributed by atoms with van der Waals surface area (Å²) < 4.78 is 10.5. The number of aliphatic imine (C=N–C) groups is 1. The highest BCUT2D eigenvalue weighted by molar-refractivity contribution is 14.0. The minimum atomic E-state index is 0. The minimum absolute atomic E-state index is 0. The summed E-state index contributed by atoms with van der Waals surface area (Å²) >= 11 is 0. The molecule has 0 saturated heterocycles. The Hall–Kier alpha value is -1.02. The molecule has 0 atom stereocenters. The van der Waals surface area contributed by atoms with Crippen LogP contribution in [0.1, 0.15) is 25.3 Å². The molecule has 23 heavy (non-hydrogen) atoms. The minimum Gasteiger partial charge on any atom is -0.497 e. The zero-order chi connectivity index (χ0) is 16.2. The van der Waals surface area contributed by atoms with Crippen LogP contribution in [-0.4, -0.2) is 51.8 Å². The molecule has 0 fully saturated rings. The first-order chi connectivity index (χ1) is 10.7. The number of nitrogens with zero attached hydrogens (tertiary/aromatic N) is 2. The fourth-order valence-electron chi connectivity index (χ4n) is 2.14. The molecule has 0 aliphatic carbocycles. The van der Waals surface area contributed by atoms with Crippen molar-refractivity contribution in [2.24, 2.45) is 4.99 Å². The maximum atomic E-state index is 5.33. The van der Waals surface area contributed by atoms with Gasteiger partial charge < -0.3 is 19.7 Å². The van der Waals surface area contributed by atoms with Gasteiger partial charge in [0, 0.05) is 40.4 Å². The Morgan fingerprint density at radius 1 is 1.22 bits per heavy atom. The largest absolute Gasteiger partial charge is 0.497 e. The lowest BCUT2D eigenvalue weighted by molar-refractivity contribution is 0.143. The van der Waals surface area contributed by atoms with Gasteiger partial charge in [-0.3, -0.25) is 4.99 Å². The van der Waals surface area contributed by atoms with Crippen molar-refractivity contribution < 1.29 is 9.47 Å². The SMILES string of the molecule is CCOCCCCNC(=NC)N(C)Cc1ccc(OC)cc1.I. The van der Waals surface area contributed by atoms with Gasteiger partial charge in [-0.15, -0.1) is 24.0 Å². The molecule has 0 unspecified atom stereocenters. The molecule has 132 valence electrons. The number of ether oxygens (including phenoxy) is 2. The molecule has 1 aromatic carbocycles. The van der Waals surface area contributed by atoms with E-state index in [2.05, 4.69) is 27.3 Å². The summed E-state index contributed by atoms with van der Waals surface area (Å²) in [6.45, 7) is 5.36. The fourth-order valence-corrected chi connectivity index (χ4v) is 2.14. The van der Waals surface area contributed by atoms with E-state index in [0.29, 0.717) is 0 Å². The molecule has 0 heterocycles. The van der Waals surface area contributed by atoms with Crippen LogP contribution in [0.3, 0.4) is 0 Å². The molecule has 6 heteroatoms. The average molecular weight is 435 g/mol. The molecule has 0 aliphatic rings. The molecule has 0 amide bonds. The number of guanidine groups is 1. The number of hydrogen-bond donors (Lipinski definition) is 1. The lowest BCUT2D eigenvalue weighted by Gasteiger charge is -2.22. The Kier molecular flexibility index (Phi) is 12.8. The Bertz CT molecular complexity index is 438. The molecular formula is C17H30IN3O2. The predicted octanol–water partition coefficient (Wildman–Crippen LogP) is 3.14. The molecular weight excluding hydrogens is 405 g/mol. The molecule has 0 aromatic heterocycles. The zero-order valence-electron chi connectivity index (χ0n) is 14.7. The van der Waals surface area contributed by atoms with E-state index in [4.69, 9.17) is 9.47 Å². The topological polar surface area (TPSA) is 46.1 Å². The molecule has 0 spiro atoms. The summed E-state index contributed by atoms with van der Waals surface area (Å²) in [7, 11) is 5.53. The molecule has 0 aliphatic heterocycles. The van der Waals surface area contributed by atoms with Crippen LogP contribution in [0.15, 0.2) is 29.3 Å². The average Bonchev–Trinajstić information content (AvgIpc) is 2.55. The van der Waals surface area contributed by atoms with Crippen LogP contribution >= 0.6 is 24.0 Å². The van der Waals surface area contributed by atoms with Crippen LogP contribution in [0.4, 0.5) is 0 Å². The third kappa shape index (κ3) is 9.00. The van der Waals surface area contributed by atoms with Crippen LogP contribution in [0.5, 0.6) is 5.75 Å². The van der Waals surface area contributed by atoms with Crippen molar-refractivity contribution in [1.82, 2.24) is 10.2 Å². The lowest BCUT2D eigenvalue weighted by Crippen LogP contribution is -2.38. The van der Waals surface area contributed by atoms with Gasteiger partial charge in [0.2, 0.25) is 0 Å². The molecule has 1 N–H and O–H groups in total. The van der Waals surface area contributed by atoms with Gasteiger partial charge in [0.05, 0.1) is 7.11 Å². The first-order valence-electron chi connectivity index (χ1n) is 7.83. The van der Waals surface area contributed by atoms with Gasteiger partial charge in [0.25, 0.3) is 0 Å². The first-order valence-corrected chi connectivity index (χ1v) is 7.83. The fraction of sp³-hybridized carbons (Fsp3) is 0.588. The number of rotatable bonds is 9. The van der Waals surface area contributed by atoms with Gasteiger partial charge in [-0.1, -0.05) is 12.1 Å². The van der Waals surface area contributed by atoms with Crippen LogP contribution in [0.2, 0.25) is 0 Å². The van der Waals surface area contributed by atoms with Crippen molar-refractivity contribution in [2.75, 3.05) is 41.0 Å². The Balaban J connectivity index is 0.00000484. The first kappa shape index (κ1) is 22.0. The monoisotopic (exact) mass is 435 g/mol. The second-order valence-corrected chi connectivity index (χ2v) is 5.08. The molecule has 0 bridgehead atoms. The van der Waals surface area contributed by atoms with E-state index in [1.54, 1.807) is 7.11 Å². The van der Waals surface area contributed by atoms with Gasteiger partial charge in [0.1, 0.15) is 5.75 Å². The van der Waals surface area contributed by atoms with Crippen molar-refractivity contribution in [3.63, 3.8) is 0 Å². The second-order valence-electron chi connectivity index (χ2n) is 5.08. The summed E-state index contributed by atoms with van der Waals surface area (Å²) in [5.74, 6) is 1.79. The standard InChI is InChI=1S/C17H29N3O2.HI/c1-5-22-13-7-6-12-19-17(18-2)20(3)14-15-8-10-16(21-4)11-9-15;/h8-11H,5-7,12-14H2,1-4H3,(H,18,19);1H. The van der Waals surface area contributed by atoms with Gasteiger partial charge in [-0.25, -0.2) is 0 Å². The van der Waals surface area contributed by atoms with E-state index in [0.717, 1.165) is 50.9 Å². The third-order valence-electron chi connectivity index (χ3n) is 3.35. The van der Waals surface area contributed by atoms with E-state index < -0.39 is 0 Å².